The fourth-order valence-corrected chi connectivity index (χ4v) is 4.21. The number of benzene rings is 1. The molecular weight excluding hydrogens is 286 g/mol. The van der Waals surface area contributed by atoms with Crippen LogP contribution in [0.1, 0.15) is 57.4 Å². The lowest BCUT2D eigenvalue weighted by molar-refractivity contribution is 0.208. The van der Waals surface area contributed by atoms with Crippen LogP contribution in [0.3, 0.4) is 0 Å². The Hall–Kier alpha value is -0.910. The standard InChI is InChI=1S/C16H25NO3S/c1-16(2,12-18)17-21(19,20)15-10-8-14(9-11-15)13-6-4-3-5-7-13/h8-11,13,17-18H,3-7,12H2,1-2H3. The van der Waals surface area contributed by atoms with Crippen molar-refractivity contribution in [1.29, 1.82) is 0 Å². The number of sulfonamides is 1. The van der Waals surface area contributed by atoms with E-state index in [0.717, 1.165) is 0 Å². The third-order valence-electron chi connectivity index (χ3n) is 4.07. The third kappa shape index (κ3) is 4.28. The quantitative estimate of drug-likeness (QED) is 0.878. The van der Waals surface area contributed by atoms with Gasteiger partial charge in [0.2, 0.25) is 10.0 Å². The second-order valence-electron chi connectivity index (χ2n) is 6.55. The van der Waals surface area contributed by atoms with Crippen LogP contribution in [0.5, 0.6) is 0 Å². The molecule has 1 aromatic carbocycles. The molecular formula is C16H25NO3S. The van der Waals surface area contributed by atoms with Crippen LogP contribution in [0.2, 0.25) is 0 Å². The van der Waals surface area contributed by atoms with Gasteiger partial charge < -0.3 is 5.11 Å². The molecule has 0 heterocycles. The van der Waals surface area contributed by atoms with Crippen LogP contribution < -0.4 is 4.72 Å². The van der Waals surface area contributed by atoms with Crippen molar-refractivity contribution in [3.05, 3.63) is 29.8 Å². The Bertz CT molecular complexity index is 558. The predicted molar refractivity (Wildman–Crippen MR) is 83.8 cm³/mol. The molecule has 1 aliphatic rings. The van der Waals surface area contributed by atoms with Gasteiger partial charge in [-0.05, 0) is 50.3 Å². The molecule has 1 aliphatic carbocycles. The first-order valence-electron chi connectivity index (χ1n) is 7.59. The fraction of sp³-hybridized carbons (Fsp3) is 0.625. The van der Waals surface area contributed by atoms with Gasteiger partial charge in [-0.3, -0.25) is 0 Å². The topological polar surface area (TPSA) is 66.4 Å². The van der Waals surface area contributed by atoms with Crippen LogP contribution in [0, 0.1) is 0 Å². The maximum absolute atomic E-state index is 12.3. The van der Waals surface area contributed by atoms with Gasteiger partial charge in [-0.1, -0.05) is 31.4 Å². The fourth-order valence-electron chi connectivity index (χ4n) is 2.81. The zero-order valence-corrected chi connectivity index (χ0v) is 13.6. The molecule has 1 saturated carbocycles. The van der Waals surface area contributed by atoms with E-state index in [1.54, 1.807) is 26.0 Å². The molecule has 0 radical (unpaired) electrons. The van der Waals surface area contributed by atoms with Gasteiger partial charge in [0.1, 0.15) is 0 Å². The Balaban J connectivity index is 2.14. The molecule has 5 heteroatoms. The first-order chi connectivity index (χ1) is 9.84. The van der Waals surface area contributed by atoms with Gasteiger partial charge >= 0.3 is 0 Å². The van der Waals surface area contributed by atoms with Crippen molar-refractivity contribution in [3.8, 4) is 0 Å². The largest absolute Gasteiger partial charge is 0.394 e. The van der Waals surface area contributed by atoms with Crippen LogP contribution in [0.4, 0.5) is 0 Å². The summed E-state index contributed by atoms with van der Waals surface area (Å²) >= 11 is 0. The first kappa shape index (κ1) is 16.5. The summed E-state index contributed by atoms with van der Waals surface area (Å²) in [6.45, 7) is 3.06. The summed E-state index contributed by atoms with van der Waals surface area (Å²) in [6.07, 6.45) is 6.22. The molecule has 0 atom stereocenters. The van der Waals surface area contributed by atoms with Crippen molar-refractivity contribution < 1.29 is 13.5 Å². The van der Waals surface area contributed by atoms with Crippen molar-refractivity contribution in [2.24, 2.45) is 0 Å². The second-order valence-corrected chi connectivity index (χ2v) is 8.23. The van der Waals surface area contributed by atoms with Crippen LogP contribution >= 0.6 is 0 Å². The zero-order chi connectivity index (χ0) is 15.5. The van der Waals surface area contributed by atoms with E-state index in [9.17, 15) is 13.5 Å². The summed E-state index contributed by atoms with van der Waals surface area (Å²) in [4.78, 5) is 0.253. The average Bonchev–Trinajstić information content (AvgIpc) is 2.47. The Morgan fingerprint density at radius 1 is 1.14 bits per heavy atom. The van der Waals surface area contributed by atoms with E-state index in [2.05, 4.69) is 4.72 Å². The van der Waals surface area contributed by atoms with Gasteiger partial charge in [0, 0.05) is 0 Å². The summed E-state index contributed by atoms with van der Waals surface area (Å²) in [5.41, 5.74) is 0.371. The van der Waals surface area contributed by atoms with E-state index in [0.29, 0.717) is 5.92 Å². The molecule has 21 heavy (non-hydrogen) atoms. The van der Waals surface area contributed by atoms with Crippen LogP contribution in [0.15, 0.2) is 29.2 Å². The first-order valence-corrected chi connectivity index (χ1v) is 9.07. The molecule has 0 saturated heterocycles. The minimum absolute atomic E-state index is 0.244. The number of aliphatic hydroxyl groups is 1. The number of hydrogen-bond donors (Lipinski definition) is 2. The second kappa shape index (κ2) is 6.46. The van der Waals surface area contributed by atoms with Gasteiger partial charge in [0.15, 0.2) is 0 Å². The van der Waals surface area contributed by atoms with Crippen molar-refractivity contribution in [2.45, 2.75) is 62.3 Å². The van der Waals surface area contributed by atoms with Gasteiger partial charge in [-0.2, -0.15) is 0 Å². The molecule has 2 N–H and O–H groups in total. The number of aliphatic hydroxyl groups excluding tert-OH is 1. The molecule has 1 fully saturated rings. The molecule has 0 aromatic heterocycles. The van der Waals surface area contributed by atoms with Crippen molar-refractivity contribution in [2.75, 3.05) is 6.61 Å². The highest BCUT2D eigenvalue weighted by Gasteiger charge is 2.25. The smallest absolute Gasteiger partial charge is 0.241 e. The molecule has 1 aromatic rings. The van der Waals surface area contributed by atoms with Gasteiger partial charge in [0.05, 0.1) is 17.0 Å². The summed E-state index contributed by atoms with van der Waals surface area (Å²) < 4.78 is 27.1. The molecule has 0 unspecified atom stereocenters. The maximum atomic E-state index is 12.3. The van der Waals surface area contributed by atoms with Crippen molar-refractivity contribution >= 4 is 10.0 Å². The molecule has 0 amide bonds. The van der Waals surface area contributed by atoms with Gasteiger partial charge in [0.25, 0.3) is 0 Å². The van der Waals surface area contributed by atoms with E-state index in [1.165, 1.54) is 37.7 Å². The number of rotatable bonds is 5. The third-order valence-corrected chi connectivity index (χ3v) is 5.79. The normalized spacial score (nSPS) is 17.9. The lowest BCUT2D eigenvalue weighted by Crippen LogP contribution is -2.46. The van der Waals surface area contributed by atoms with Crippen LogP contribution in [-0.2, 0) is 10.0 Å². The number of nitrogens with one attached hydrogen (secondary N) is 1. The van der Waals surface area contributed by atoms with Crippen molar-refractivity contribution in [3.63, 3.8) is 0 Å². The Labute approximate surface area is 127 Å². The summed E-state index contributed by atoms with van der Waals surface area (Å²) in [7, 11) is -3.59. The molecule has 0 spiro atoms. The van der Waals surface area contributed by atoms with E-state index < -0.39 is 15.6 Å². The Kier molecular flexibility index (Phi) is 5.07. The lowest BCUT2D eigenvalue weighted by atomic mass is 9.84. The summed E-state index contributed by atoms with van der Waals surface area (Å²) in [5.74, 6) is 0.567. The predicted octanol–water partition coefficient (Wildman–Crippen LogP) is 2.78. The molecule has 2 rings (SSSR count). The zero-order valence-electron chi connectivity index (χ0n) is 12.8. The Morgan fingerprint density at radius 3 is 2.24 bits per heavy atom. The molecule has 118 valence electrons. The average molecular weight is 311 g/mol. The highest BCUT2D eigenvalue weighted by atomic mass is 32.2. The van der Waals surface area contributed by atoms with E-state index in [-0.39, 0.29) is 11.5 Å². The molecule has 0 aliphatic heterocycles. The van der Waals surface area contributed by atoms with Gasteiger partial charge in [-0.15, -0.1) is 0 Å². The van der Waals surface area contributed by atoms with Gasteiger partial charge in [-0.25, -0.2) is 13.1 Å². The summed E-state index contributed by atoms with van der Waals surface area (Å²) in [6, 6.07) is 7.19. The Morgan fingerprint density at radius 2 is 1.71 bits per heavy atom. The monoisotopic (exact) mass is 311 g/mol. The van der Waals surface area contributed by atoms with Crippen LogP contribution in [0.25, 0.3) is 0 Å². The van der Waals surface area contributed by atoms with Crippen LogP contribution in [-0.4, -0.2) is 25.7 Å². The van der Waals surface area contributed by atoms with E-state index in [4.69, 9.17) is 0 Å². The number of hydrogen-bond acceptors (Lipinski definition) is 3. The lowest BCUT2D eigenvalue weighted by Gasteiger charge is -2.24. The highest BCUT2D eigenvalue weighted by Crippen LogP contribution is 2.32. The molecule has 0 bridgehead atoms. The minimum Gasteiger partial charge on any atom is -0.394 e. The molecule has 4 nitrogen and oxygen atoms in total. The van der Waals surface area contributed by atoms with Crippen molar-refractivity contribution in [1.82, 2.24) is 4.72 Å². The SMILES string of the molecule is CC(C)(CO)NS(=O)(=O)c1ccc(C2CCCCC2)cc1. The van der Waals surface area contributed by atoms with E-state index >= 15 is 0 Å². The highest BCUT2D eigenvalue weighted by molar-refractivity contribution is 7.89. The minimum atomic E-state index is -3.59. The van der Waals surface area contributed by atoms with E-state index in [1.807, 2.05) is 12.1 Å². The summed E-state index contributed by atoms with van der Waals surface area (Å²) in [5, 5.41) is 9.19. The maximum Gasteiger partial charge on any atom is 0.241 e.